The molecule has 0 spiro atoms. The Labute approximate surface area is 190 Å². The van der Waals surface area contributed by atoms with Gasteiger partial charge in [0, 0.05) is 44.2 Å². The van der Waals surface area contributed by atoms with Crippen molar-refractivity contribution in [2.75, 3.05) is 33.3 Å². The number of methoxy groups -OCH3 is 1. The summed E-state index contributed by atoms with van der Waals surface area (Å²) in [5, 5.41) is 0. The van der Waals surface area contributed by atoms with Gasteiger partial charge in [0.2, 0.25) is 0 Å². The number of nitrogens with zero attached hydrogens (tertiary/aromatic N) is 2. The molecule has 0 aromatic heterocycles. The predicted octanol–water partition coefficient (Wildman–Crippen LogP) is 4.61. The van der Waals surface area contributed by atoms with Crippen LogP contribution in [0.4, 0.5) is 0 Å². The van der Waals surface area contributed by atoms with Crippen LogP contribution >= 0.6 is 0 Å². The highest BCUT2D eigenvalue weighted by Crippen LogP contribution is 2.36. The topological polar surface area (TPSA) is 32.8 Å². The van der Waals surface area contributed by atoms with Crippen molar-refractivity contribution in [2.24, 2.45) is 5.92 Å². The van der Waals surface area contributed by atoms with Crippen LogP contribution < -0.4 is 4.74 Å². The van der Waals surface area contributed by atoms with E-state index in [2.05, 4.69) is 47.4 Å². The zero-order valence-corrected chi connectivity index (χ0v) is 18.6. The molecule has 3 aromatic rings. The SMILES string of the molecule is COc1cccc(C2CN(C(=O)c3ccccc3)CC2CN2CCc3ccccc3C2)c1. The molecule has 2 aliphatic rings. The molecule has 1 saturated heterocycles. The van der Waals surface area contributed by atoms with E-state index in [0.717, 1.165) is 50.5 Å². The second-order valence-electron chi connectivity index (χ2n) is 8.97. The van der Waals surface area contributed by atoms with Crippen molar-refractivity contribution in [2.45, 2.75) is 18.9 Å². The number of rotatable bonds is 5. The molecule has 4 nitrogen and oxygen atoms in total. The number of likely N-dealkylation sites (tertiary alicyclic amines) is 1. The number of ether oxygens (including phenoxy) is 1. The molecule has 4 heteroatoms. The van der Waals surface area contributed by atoms with Crippen molar-refractivity contribution in [3.8, 4) is 5.75 Å². The average molecular weight is 427 g/mol. The summed E-state index contributed by atoms with van der Waals surface area (Å²) < 4.78 is 5.49. The minimum absolute atomic E-state index is 0.130. The molecule has 1 fully saturated rings. The molecule has 0 aliphatic carbocycles. The molecule has 1 amide bonds. The highest BCUT2D eigenvalue weighted by atomic mass is 16.5. The van der Waals surface area contributed by atoms with Gasteiger partial charge in [-0.3, -0.25) is 9.69 Å². The van der Waals surface area contributed by atoms with E-state index in [1.807, 2.05) is 41.3 Å². The maximum Gasteiger partial charge on any atom is 0.253 e. The van der Waals surface area contributed by atoms with Crippen LogP contribution in [0.1, 0.15) is 33.0 Å². The Balaban J connectivity index is 1.38. The maximum atomic E-state index is 13.2. The standard InChI is InChI=1S/C28H30N2O2/c1-32-26-13-7-12-23(16-26)27-20-30(28(31)22-9-3-2-4-10-22)19-25(27)18-29-15-14-21-8-5-6-11-24(21)17-29/h2-13,16,25,27H,14-15,17-20H2,1H3. The van der Waals surface area contributed by atoms with Gasteiger partial charge in [0.25, 0.3) is 5.91 Å². The van der Waals surface area contributed by atoms with Gasteiger partial charge in [0.15, 0.2) is 0 Å². The Morgan fingerprint density at radius 1 is 0.938 bits per heavy atom. The molecular weight excluding hydrogens is 396 g/mol. The fourth-order valence-corrected chi connectivity index (χ4v) is 5.28. The summed E-state index contributed by atoms with van der Waals surface area (Å²) >= 11 is 0. The third-order valence-corrected chi connectivity index (χ3v) is 6.97. The first-order chi connectivity index (χ1) is 15.7. The predicted molar refractivity (Wildman–Crippen MR) is 127 cm³/mol. The Morgan fingerprint density at radius 2 is 1.72 bits per heavy atom. The molecule has 0 saturated carbocycles. The number of hydrogen-bond donors (Lipinski definition) is 0. The lowest BCUT2D eigenvalue weighted by molar-refractivity contribution is 0.0782. The van der Waals surface area contributed by atoms with Gasteiger partial charge in [0.1, 0.15) is 5.75 Å². The molecule has 2 heterocycles. The van der Waals surface area contributed by atoms with Crippen molar-refractivity contribution >= 4 is 5.91 Å². The third kappa shape index (κ3) is 4.28. The first kappa shape index (κ1) is 20.8. The highest BCUT2D eigenvalue weighted by molar-refractivity contribution is 5.94. The molecule has 32 heavy (non-hydrogen) atoms. The average Bonchev–Trinajstić information content (AvgIpc) is 3.27. The smallest absolute Gasteiger partial charge is 0.253 e. The van der Waals surface area contributed by atoms with Crippen molar-refractivity contribution in [1.82, 2.24) is 9.80 Å². The molecule has 3 aromatic carbocycles. The highest BCUT2D eigenvalue weighted by Gasteiger charge is 2.37. The quantitative estimate of drug-likeness (QED) is 0.597. The van der Waals surface area contributed by atoms with Crippen molar-refractivity contribution < 1.29 is 9.53 Å². The first-order valence-corrected chi connectivity index (χ1v) is 11.5. The van der Waals surface area contributed by atoms with E-state index in [0.29, 0.717) is 11.8 Å². The molecule has 0 N–H and O–H groups in total. The number of fused-ring (bicyclic) bond motifs is 1. The van der Waals surface area contributed by atoms with Gasteiger partial charge in [-0.15, -0.1) is 0 Å². The molecule has 0 radical (unpaired) electrons. The number of carbonyl (C=O) groups excluding carboxylic acids is 1. The minimum atomic E-state index is 0.130. The molecule has 2 unspecified atom stereocenters. The third-order valence-electron chi connectivity index (χ3n) is 6.97. The minimum Gasteiger partial charge on any atom is -0.497 e. The lowest BCUT2D eigenvalue weighted by Gasteiger charge is -2.32. The number of hydrogen-bond acceptors (Lipinski definition) is 3. The van der Waals surface area contributed by atoms with Crippen LogP contribution in [0.3, 0.4) is 0 Å². The summed E-state index contributed by atoms with van der Waals surface area (Å²) in [4.78, 5) is 17.8. The summed E-state index contributed by atoms with van der Waals surface area (Å²) in [6, 6.07) is 26.8. The number of benzene rings is 3. The Kier molecular flexibility index (Phi) is 5.95. The maximum absolute atomic E-state index is 13.2. The fraction of sp³-hybridized carbons (Fsp3) is 0.321. The van der Waals surface area contributed by atoms with E-state index < -0.39 is 0 Å². The summed E-state index contributed by atoms with van der Waals surface area (Å²) in [5.41, 5.74) is 4.94. The van der Waals surface area contributed by atoms with Gasteiger partial charge in [-0.05, 0) is 53.3 Å². The van der Waals surface area contributed by atoms with Gasteiger partial charge in [0.05, 0.1) is 7.11 Å². The summed E-state index contributed by atoms with van der Waals surface area (Å²) in [7, 11) is 1.71. The van der Waals surface area contributed by atoms with Crippen LogP contribution in [-0.4, -0.2) is 49.0 Å². The van der Waals surface area contributed by atoms with Crippen LogP contribution in [0.2, 0.25) is 0 Å². The Bertz CT molecular complexity index is 1080. The second kappa shape index (κ2) is 9.17. The van der Waals surface area contributed by atoms with Gasteiger partial charge < -0.3 is 9.64 Å². The van der Waals surface area contributed by atoms with Crippen LogP contribution in [0.15, 0.2) is 78.9 Å². The second-order valence-corrected chi connectivity index (χ2v) is 8.97. The van der Waals surface area contributed by atoms with Gasteiger partial charge in [-0.1, -0.05) is 54.6 Å². The van der Waals surface area contributed by atoms with Crippen LogP contribution in [0.25, 0.3) is 0 Å². The van der Waals surface area contributed by atoms with Gasteiger partial charge in [-0.2, -0.15) is 0 Å². The van der Waals surface area contributed by atoms with E-state index >= 15 is 0 Å². The van der Waals surface area contributed by atoms with Crippen LogP contribution in [-0.2, 0) is 13.0 Å². The zero-order chi connectivity index (χ0) is 21.9. The van der Waals surface area contributed by atoms with E-state index in [1.54, 1.807) is 7.11 Å². The van der Waals surface area contributed by atoms with Gasteiger partial charge in [-0.25, -0.2) is 0 Å². The van der Waals surface area contributed by atoms with Crippen LogP contribution in [0, 0.1) is 5.92 Å². The molecule has 2 atom stereocenters. The fourth-order valence-electron chi connectivity index (χ4n) is 5.28. The monoisotopic (exact) mass is 426 g/mol. The molecule has 0 bridgehead atoms. The van der Waals surface area contributed by atoms with Crippen molar-refractivity contribution in [1.29, 1.82) is 0 Å². The lowest BCUT2D eigenvalue weighted by atomic mass is 9.87. The number of carbonyl (C=O) groups is 1. The molecule has 2 aliphatic heterocycles. The Hall–Kier alpha value is -3.11. The van der Waals surface area contributed by atoms with Crippen LogP contribution in [0.5, 0.6) is 5.75 Å². The van der Waals surface area contributed by atoms with E-state index in [1.165, 1.54) is 16.7 Å². The molecular formula is C28H30N2O2. The van der Waals surface area contributed by atoms with Crippen molar-refractivity contribution in [3.63, 3.8) is 0 Å². The molecule has 5 rings (SSSR count). The zero-order valence-electron chi connectivity index (χ0n) is 18.6. The molecule has 164 valence electrons. The summed E-state index contributed by atoms with van der Waals surface area (Å²) in [6.45, 7) is 4.59. The van der Waals surface area contributed by atoms with E-state index in [9.17, 15) is 4.79 Å². The number of amides is 1. The van der Waals surface area contributed by atoms with E-state index in [-0.39, 0.29) is 5.91 Å². The largest absolute Gasteiger partial charge is 0.497 e. The van der Waals surface area contributed by atoms with E-state index in [4.69, 9.17) is 4.74 Å². The summed E-state index contributed by atoms with van der Waals surface area (Å²) in [5.74, 6) is 1.70. The Morgan fingerprint density at radius 3 is 2.53 bits per heavy atom. The lowest BCUT2D eigenvalue weighted by Crippen LogP contribution is -2.37. The first-order valence-electron chi connectivity index (χ1n) is 11.5. The summed E-state index contributed by atoms with van der Waals surface area (Å²) in [6.07, 6.45) is 1.10. The normalized spacial score (nSPS) is 20.7. The van der Waals surface area contributed by atoms with Gasteiger partial charge >= 0.3 is 0 Å². The van der Waals surface area contributed by atoms with Crippen molar-refractivity contribution in [3.05, 3.63) is 101 Å².